The molecule has 68 valence electrons. The fourth-order valence-corrected chi connectivity index (χ4v) is 1.87. The number of carbonyl (C=O) groups is 2. The number of carbonyl (C=O) groups excluding carboxylic acids is 2. The molecule has 1 aromatic rings. The van der Waals surface area contributed by atoms with Gasteiger partial charge in [0.15, 0.2) is 6.29 Å². The van der Waals surface area contributed by atoms with Gasteiger partial charge in [-0.2, -0.15) is 0 Å². The Morgan fingerprint density at radius 1 is 1.38 bits per heavy atom. The maximum Gasteiger partial charge on any atom is 0.249 e. The number of hydrogen-bond acceptors (Lipinski definition) is 2. The quantitative estimate of drug-likeness (QED) is 0.851. The van der Waals surface area contributed by atoms with Crippen LogP contribution in [0.15, 0.2) is 21.1 Å². The molecular weight excluding hydrogens is 302 g/mol. The minimum absolute atomic E-state index is 0.288. The van der Waals surface area contributed by atoms with Crippen molar-refractivity contribution in [2.75, 3.05) is 0 Å². The molecule has 0 aliphatic rings. The molecule has 0 atom stereocenters. The Labute approximate surface area is 91.6 Å². The van der Waals surface area contributed by atoms with Gasteiger partial charge in [-0.25, -0.2) is 0 Å². The Hall–Kier alpha value is -0.680. The molecule has 0 aliphatic carbocycles. The van der Waals surface area contributed by atoms with Crippen LogP contribution >= 0.6 is 31.9 Å². The van der Waals surface area contributed by atoms with Gasteiger partial charge < -0.3 is 5.73 Å². The molecule has 0 bridgehead atoms. The summed E-state index contributed by atoms with van der Waals surface area (Å²) in [6, 6.07) is 3.16. The number of nitrogens with two attached hydrogens (primary N) is 1. The summed E-state index contributed by atoms with van der Waals surface area (Å²) in [6.45, 7) is 0. The second-order valence-electron chi connectivity index (χ2n) is 2.34. The minimum Gasteiger partial charge on any atom is -0.366 e. The first-order chi connectivity index (χ1) is 6.06. The lowest BCUT2D eigenvalue weighted by Crippen LogP contribution is -2.12. The van der Waals surface area contributed by atoms with Gasteiger partial charge in [-0.3, -0.25) is 9.59 Å². The highest BCUT2D eigenvalue weighted by atomic mass is 79.9. The van der Waals surface area contributed by atoms with Crippen molar-refractivity contribution in [2.45, 2.75) is 0 Å². The van der Waals surface area contributed by atoms with E-state index < -0.39 is 5.91 Å². The van der Waals surface area contributed by atoms with Crippen LogP contribution in [-0.4, -0.2) is 12.2 Å². The molecule has 0 unspecified atom stereocenters. The first-order valence-corrected chi connectivity index (χ1v) is 4.89. The van der Waals surface area contributed by atoms with Gasteiger partial charge in [-0.05, 0) is 28.1 Å². The van der Waals surface area contributed by atoms with Gasteiger partial charge in [0.05, 0.1) is 5.56 Å². The van der Waals surface area contributed by atoms with Crippen molar-refractivity contribution in [3.05, 3.63) is 32.2 Å². The highest BCUT2D eigenvalue weighted by Crippen LogP contribution is 2.25. The maximum absolute atomic E-state index is 10.9. The highest BCUT2D eigenvalue weighted by molar-refractivity contribution is 9.11. The van der Waals surface area contributed by atoms with Gasteiger partial charge >= 0.3 is 0 Å². The summed E-state index contributed by atoms with van der Waals surface area (Å²) in [6.07, 6.45) is 0.654. The molecule has 0 radical (unpaired) electrons. The lowest BCUT2D eigenvalue weighted by atomic mass is 10.1. The average Bonchev–Trinajstić information content (AvgIpc) is 2.08. The van der Waals surface area contributed by atoms with Crippen LogP contribution in [0, 0.1) is 0 Å². The fourth-order valence-electron chi connectivity index (χ4n) is 0.875. The van der Waals surface area contributed by atoms with Gasteiger partial charge in [0, 0.05) is 14.5 Å². The van der Waals surface area contributed by atoms with E-state index in [1.54, 1.807) is 12.1 Å². The molecule has 0 spiro atoms. The van der Waals surface area contributed by atoms with Gasteiger partial charge in [-0.1, -0.05) is 15.9 Å². The Morgan fingerprint density at radius 3 is 2.46 bits per heavy atom. The molecular formula is C8H5Br2NO2. The second kappa shape index (κ2) is 4.02. The zero-order chi connectivity index (χ0) is 10.0. The smallest absolute Gasteiger partial charge is 0.249 e. The van der Waals surface area contributed by atoms with Crippen molar-refractivity contribution < 1.29 is 9.59 Å². The lowest BCUT2D eigenvalue weighted by Gasteiger charge is -2.03. The lowest BCUT2D eigenvalue weighted by molar-refractivity contribution is 0.0999. The van der Waals surface area contributed by atoms with Crippen LogP contribution in [0.3, 0.4) is 0 Å². The summed E-state index contributed by atoms with van der Waals surface area (Å²) >= 11 is 6.29. The molecule has 1 rings (SSSR count). The van der Waals surface area contributed by atoms with E-state index >= 15 is 0 Å². The average molecular weight is 307 g/mol. The number of aldehydes is 1. The van der Waals surface area contributed by atoms with Gasteiger partial charge in [0.1, 0.15) is 0 Å². The third-order valence-electron chi connectivity index (χ3n) is 1.46. The highest BCUT2D eigenvalue weighted by Gasteiger charge is 2.11. The number of hydrogen-bond donors (Lipinski definition) is 1. The number of halogens is 2. The summed E-state index contributed by atoms with van der Waals surface area (Å²) in [5.74, 6) is -0.573. The van der Waals surface area contributed by atoms with Crippen molar-refractivity contribution >= 4 is 44.1 Å². The Kier molecular flexibility index (Phi) is 3.22. The Bertz CT molecular complexity index is 377. The number of rotatable bonds is 2. The summed E-state index contributed by atoms with van der Waals surface area (Å²) in [5.41, 5.74) is 5.78. The van der Waals surface area contributed by atoms with E-state index in [2.05, 4.69) is 31.9 Å². The van der Waals surface area contributed by atoms with Gasteiger partial charge in [0.2, 0.25) is 5.91 Å². The van der Waals surface area contributed by atoms with Crippen molar-refractivity contribution in [3.63, 3.8) is 0 Å². The molecule has 0 aromatic heterocycles. The molecule has 2 N–H and O–H groups in total. The number of amides is 1. The first kappa shape index (κ1) is 10.4. The molecule has 0 saturated heterocycles. The summed E-state index contributed by atoms with van der Waals surface area (Å²) < 4.78 is 1.07. The summed E-state index contributed by atoms with van der Waals surface area (Å²) in [7, 11) is 0. The molecule has 0 aliphatic heterocycles. The Balaban J connectivity index is 3.44. The predicted octanol–water partition coefficient (Wildman–Crippen LogP) is 2.12. The summed E-state index contributed by atoms with van der Waals surface area (Å²) in [5, 5.41) is 0. The molecule has 3 nitrogen and oxygen atoms in total. The number of benzene rings is 1. The van der Waals surface area contributed by atoms with Crippen LogP contribution in [0.5, 0.6) is 0 Å². The standard InChI is InChI=1S/C8H5Br2NO2/c9-5-1-4(3-12)7(10)6(2-5)8(11)13/h1-3H,(H2,11,13). The summed E-state index contributed by atoms with van der Waals surface area (Å²) in [4.78, 5) is 21.4. The van der Waals surface area contributed by atoms with Crippen molar-refractivity contribution in [3.8, 4) is 0 Å². The normalized spacial score (nSPS) is 9.69. The van der Waals surface area contributed by atoms with Crippen LogP contribution in [0.1, 0.15) is 20.7 Å². The van der Waals surface area contributed by atoms with Crippen molar-refractivity contribution in [1.29, 1.82) is 0 Å². The predicted molar refractivity (Wildman–Crippen MR) is 55.7 cm³/mol. The molecule has 0 fully saturated rings. The molecule has 0 heterocycles. The van der Waals surface area contributed by atoms with Crippen LogP contribution in [0.2, 0.25) is 0 Å². The van der Waals surface area contributed by atoms with E-state index in [-0.39, 0.29) is 5.56 Å². The number of primary amides is 1. The van der Waals surface area contributed by atoms with Crippen LogP contribution in [-0.2, 0) is 0 Å². The van der Waals surface area contributed by atoms with E-state index in [1.807, 2.05) is 0 Å². The first-order valence-electron chi connectivity index (χ1n) is 3.30. The van der Waals surface area contributed by atoms with Crippen LogP contribution in [0.4, 0.5) is 0 Å². The molecule has 0 saturated carbocycles. The minimum atomic E-state index is -0.573. The topological polar surface area (TPSA) is 60.2 Å². The fraction of sp³-hybridized carbons (Fsp3) is 0. The zero-order valence-electron chi connectivity index (χ0n) is 6.38. The zero-order valence-corrected chi connectivity index (χ0v) is 9.55. The maximum atomic E-state index is 10.9. The van der Waals surface area contributed by atoms with Crippen LogP contribution in [0.25, 0.3) is 0 Å². The van der Waals surface area contributed by atoms with Crippen molar-refractivity contribution in [1.82, 2.24) is 0 Å². The van der Waals surface area contributed by atoms with E-state index in [9.17, 15) is 9.59 Å². The molecule has 13 heavy (non-hydrogen) atoms. The van der Waals surface area contributed by atoms with E-state index in [0.717, 1.165) is 0 Å². The third kappa shape index (κ3) is 2.16. The van der Waals surface area contributed by atoms with Crippen LogP contribution < -0.4 is 5.73 Å². The molecule has 1 amide bonds. The van der Waals surface area contributed by atoms with Gasteiger partial charge in [-0.15, -0.1) is 0 Å². The largest absolute Gasteiger partial charge is 0.366 e. The monoisotopic (exact) mass is 305 g/mol. The third-order valence-corrected chi connectivity index (χ3v) is 2.80. The van der Waals surface area contributed by atoms with E-state index in [0.29, 0.717) is 20.8 Å². The molecule has 1 aromatic carbocycles. The second-order valence-corrected chi connectivity index (χ2v) is 4.05. The Morgan fingerprint density at radius 2 is 2.00 bits per heavy atom. The molecule has 5 heteroatoms. The van der Waals surface area contributed by atoms with E-state index in [1.165, 1.54) is 0 Å². The van der Waals surface area contributed by atoms with Gasteiger partial charge in [0.25, 0.3) is 0 Å². The van der Waals surface area contributed by atoms with Crippen molar-refractivity contribution in [2.24, 2.45) is 5.73 Å². The van der Waals surface area contributed by atoms with E-state index in [4.69, 9.17) is 5.73 Å². The SMILES string of the molecule is NC(=O)c1cc(Br)cc(C=O)c1Br.